The van der Waals surface area contributed by atoms with E-state index in [1.54, 1.807) is 18.2 Å². The van der Waals surface area contributed by atoms with Gasteiger partial charge in [0.05, 0.1) is 18.7 Å². The van der Waals surface area contributed by atoms with Crippen molar-refractivity contribution in [1.82, 2.24) is 4.90 Å². The molecule has 0 bridgehead atoms. The predicted octanol–water partition coefficient (Wildman–Crippen LogP) is 4.43. The number of carbonyl (C=O) groups is 1. The van der Waals surface area contributed by atoms with Crippen LogP contribution in [0.1, 0.15) is 50.4 Å². The summed E-state index contributed by atoms with van der Waals surface area (Å²) in [4.78, 5) is 14.7. The summed E-state index contributed by atoms with van der Waals surface area (Å²) in [5.74, 6) is 0.713. The molecule has 1 aromatic rings. The predicted molar refractivity (Wildman–Crippen MR) is 88.6 cm³/mol. The molecule has 1 rings (SSSR count). The summed E-state index contributed by atoms with van der Waals surface area (Å²) in [6.07, 6.45) is 3.00. The highest BCUT2D eigenvalue weighted by Crippen LogP contribution is 2.24. The highest BCUT2D eigenvalue weighted by molar-refractivity contribution is 6.31. The molecule has 0 aliphatic carbocycles. The van der Waals surface area contributed by atoms with Gasteiger partial charge >= 0.3 is 0 Å². The number of ketones is 1. The summed E-state index contributed by atoms with van der Waals surface area (Å²) in [6, 6.07) is 5.26. The SMILES string of the molecule is CCCOc1ccc(Cl)cc1C(=O)CN(CCC)CCC. The van der Waals surface area contributed by atoms with Gasteiger partial charge in [-0.3, -0.25) is 9.69 Å². The molecule has 0 spiro atoms. The van der Waals surface area contributed by atoms with E-state index >= 15 is 0 Å². The molecule has 1 aromatic carbocycles. The molecule has 0 atom stereocenters. The first-order valence-electron chi connectivity index (χ1n) is 7.80. The smallest absolute Gasteiger partial charge is 0.180 e. The monoisotopic (exact) mass is 311 g/mol. The van der Waals surface area contributed by atoms with Gasteiger partial charge in [0.1, 0.15) is 5.75 Å². The molecule has 0 aliphatic heterocycles. The van der Waals surface area contributed by atoms with Gasteiger partial charge in [0.15, 0.2) is 5.78 Å². The van der Waals surface area contributed by atoms with Gasteiger partial charge in [0, 0.05) is 5.02 Å². The first-order valence-corrected chi connectivity index (χ1v) is 8.18. The van der Waals surface area contributed by atoms with Crippen LogP contribution in [0.4, 0.5) is 0 Å². The van der Waals surface area contributed by atoms with Crippen LogP contribution in [-0.4, -0.2) is 36.9 Å². The molecule has 0 N–H and O–H groups in total. The topological polar surface area (TPSA) is 29.5 Å². The van der Waals surface area contributed by atoms with Crippen LogP contribution in [0.3, 0.4) is 0 Å². The number of hydrogen-bond donors (Lipinski definition) is 0. The Morgan fingerprint density at radius 3 is 2.38 bits per heavy atom. The van der Waals surface area contributed by atoms with E-state index in [1.807, 2.05) is 6.92 Å². The fraction of sp³-hybridized carbons (Fsp3) is 0.588. The normalized spacial score (nSPS) is 10.9. The third-order valence-corrected chi connectivity index (χ3v) is 3.39. The maximum Gasteiger partial charge on any atom is 0.180 e. The Morgan fingerprint density at radius 2 is 1.81 bits per heavy atom. The van der Waals surface area contributed by atoms with Crippen molar-refractivity contribution in [3.63, 3.8) is 0 Å². The van der Waals surface area contributed by atoms with E-state index in [1.165, 1.54) is 0 Å². The van der Waals surface area contributed by atoms with Crippen molar-refractivity contribution in [2.75, 3.05) is 26.2 Å². The number of rotatable bonds is 10. The fourth-order valence-corrected chi connectivity index (χ4v) is 2.42. The molecule has 0 saturated heterocycles. The van der Waals surface area contributed by atoms with Gasteiger partial charge in [-0.05, 0) is 50.6 Å². The lowest BCUT2D eigenvalue weighted by Crippen LogP contribution is -2.31. The average Bonchev–Trinajstić information content (AvgIpc) is 2.46. The second-order valence-corrected chi connectivity index (χ2v) is 5.62. The van der Waals surface area contributed by atoms with E-state index in [4.69, 9.17) is 16.3 Å². The Bertz CT molecular complexity index is 442. The third-order valence-electron chi connectivity index (χ3n) is 3.15. The molecule has 4 heteroatoms. The van der Waals surface area contributed by atoms with Crippen LogP contribution in [0.25, 0.3) is 0 Å². The minimum absolute atomic E-state index is 0.0745. The van der Waals surface area contributed by atoms with E-state index in [0.717, 1.165) is 32.4 Å². The Labute approximate surface area is 133 Å². The molecule has 0 aromatic heterocycles. The number of Topliss-reactive ketones (excluding diaryl/α,β-unsaturated/α-hetero) is 1. The molecular weight excluding hydrogens is 286 g/mol. The standard InChI is InChI=1S/C17H26ClNO2/c1-4-9-19(10-5-2)13-16(20)15-12-14(18)7-8-17(15)21-11-6-3/h7-8,12H,4-6,9-11,13H2,1-3H3. The van der Waals surface area contributed by atoms with Crippen LogP contribution >= 0.6 is 11.6 Å². The number of carbonyl (C=O) groups excluding carboxylic acids is 1. The minimum Gasteiger partial charge on any atom is -0.493 e. The van der Waals surface area contributed by atoms with E-state index < -0.39 is 0 Å². The van der Waals surface area contributed by atoms with E-state index in [-0.39, 0.29) is 5.78 Å². The van der Waals surface area contributed by atoms with Crippen molar-refractivity contribution < 1.29 is 9.53 Å². The molecule has 0 heterocycles. The first-order chi connectivity index (χ1) is 10.1. The molecule has 0 aliphatic rings. The van der Waals surface area contributed by atoms with Crippen LogP contribution < -0.4 is 4.74 Å². The zero-order chi connectivity index (χ0) is 15.7. The molecule has 0 radical (unpaired) electrons. The van der Waals surface area contributed by atoms with Gasteiger partial charge in [-0.1, -0.05) is 32.4 Å². The summed E-state index contributed by atoms with van der Waals surface area (Å²) in [7, 11) is 0. The molecule has 0 unspecified atom stereocenters. The van der Waals surface area contributed by atoms with Crippen LogP contribution in [-0.2, 0) is 0 Å². The largest absolute Gasteiger partial charge is 0.493 e. The summed E-state index contributed by atoms with van der Waals surface area (Å²) < 4.78 is 5.67. The Hall–Kier alpha value is -1.06. The second kappa shape index (κ2) is 9.80. The zero-order valence-electron chi connectivity index (χ0n) is 13.3. The first kappa shape index (κ1) is 18.0. The minimum atomic E-state index is 0.0745. The summed E-state index contributed by atoms with van der Waals surface area (Å²) in [5, 5.41) is 0.569. The lowest BCUT2D eigenvalue weighted by molar-refractivity contribution is 0.0926. The van der Waals surface area contributed by atoms with Crippen molar-refractivity contribution in [1.29, 1.82) is 0 Å². The number of halogens is 1. The van der Waals surface area contributed by atoms with Gasteiger partial charge in [-0.15, -0.1) is 0 Å². The molecule has 118 valence electrons. The van der Waals surface area contributed by atoms with Crippen molar-refractivity contribution in [2.45, 2.75) is 40.0 Å². The van der Waals surface area contributed by atoms with Crippen molar-refractivity contribution >= 4 is 17.4 Å². The van der Waals surface area contributed by atoms with Gasteiger partial charge in [0.25, 0.3) is 0 Å². The summed E-state index contributed by atoms with van der Waals surface area (Å²) >= 11 is 6.03. The highest BCUT2D eigenvalue weighted by atomic mass is 35.5. The van der Waals surface area contributed by atoms with Crippen LogP contribution in [0.5, 0.6) is 5.75 Å². The number of ether oxygens (including phenoxy) is 1. The van der Waals surface area contributed by atoms with E-state index in [2.05, 4.69) is 18.7 Å². The van der Waals surface area contributed by atoms with Crippen LogP contribution in [0.2, 0.25) is 5.02 Å². The maximum absolute atomic E-state index is 12.6. The Morgan fingerprint density at radius 1 is 1.14 bits per heavy atom. The van der Waals surface area contributed by atoms with E-state index in [0.29, 0.717) is 29.5 Å². The summed E-state index contributed by atoms with van der Waals surface area (Å²) in [6.45, 7) is 9.20. The van der Waals surface area contributed by atoms with Crippen LogP contribution in [0.15, 0.2) is 18.2 Å². The molecule has 0 amide bonds. The van der Waals surface area contributed by atoms with E-state index in [9.17, 15) is 4.79 Å². The quantitative estimate of drug-likeness (QED) is 0.598. The lowest BCUT2D eigenvalue weighted by Gasteiger charge is -2.20. The van der Waals surface area contributed by atoms with Gasteiger partial charge in [-0.25, -0.2) is 0 Å². The number of nitrogens with zero attached hydrogens (tertiary/aromatic N) is 1. The number of benzene rings is 1. The van der Waals surface area contributed by atoms with Crippen molar-refractivity contribution in [3.8, 4) is 5.75 Å². The summed E-state index contributed by atoms with van der Waals surface area (Å²) in [5.41, 5.74) is 0.591. The van der Waals surface area contributed by atoms with Gasteiger partial charge in [0.2, 0.25) is 0 Å². The third kappa shape index (κ3) is 6.06. The number of hydrogen-bond acceptors (Lipinski definition) is 3. The molecular formula is C17H26ClNO2. The molecule has 3 nitrogen and oxygen atoms in total. The Balaban J connectivity index is 2.85. The van der Waals surface area contributed by atoms with Crippen LogP contribution in [0, 0.1) is 0 Å². The van der Waals surface area contributed by atoms with Gasteiger partial charge < -0.3 is 4.74 Å². The second-order valence-electron chi connectivity index (χ2n) is 5.19. The molecule has 21 heavy (non-hydrogen) atoms. The maximum atomic E-state index is 12.6. The molecule has 0 fully saturated rings. The lowest BCUT2D eigenvalue weighted by atomic mass is 10.1. The van der Waals surface area contributed by atoms with Gasteiger partial charge in [-0.2, -0.15) is 0 Å². The molecule has 0 saturated carbocycles. The van der Waals surface area contributed by atoms with Crippen molar-refractivity contribution in [2.24, 2.45) is 0 Å². The van der Waals surface area contributed by atoms with Crippen molar-refractivity contribution in [3.05, 3.63) is 28.8 Å². The average molecular weight is 312 g/mol. The Kier molecular flexibility index (Phi) is 8.40. The zero-order valence-corrected chi connectivity index (χ0v) is 14.1. The fourth-order valence-electron chi connectivity index (χ4n) is 2.25. The highest BCUT2D eigenvalue weighted by Gasteiger charge is 2.16.